The maximum atomic E-state index is 11.7. The van der Waals surface area contributed by atoms with Gasteiger partial charge in [0.25, 0.3) is 0 Å². The SMILES string of the molecule is CCOC(CNC(=O)CC1CCNC1)OCC. The minimum Gasteiger partial charge on any atom is -0.351 e. The summed E-state index contributed by atoms with van der Waals surface area (Å²) >= 11 is 0. The molecule has 0 radical (unpaired) electrons. The summed E-state index contributed by atoms with van der Waals surface area (Å²) in [6, 6.07) is 0. The molecule has 0 saturated carbocycles. The lowest BCUT2D eigenvalue weighted by Crippen LogP contribution is -2.36. The monoisotopic (exact) mass is 244 g/mol. The fourth-order valence-corrected chi connectivity index (χ4v) is 1.96. The van der Waals surface area contributed by atoms with Crippen LogP contribution in [0.2, 0.25) is 0 Å². The standard InChI is InChI=1S/C12H24N2O3/c1-3-16-12(17-4-2)9-14-11(15)7-10-5-6-13-8-10/h10,12-13H,3-9H2,1-2H3,(H,14,15). The summed E-state index contributed by atoms with van der Waals surface area (Å²) < 4.78 is 10.7. The van der Waals surface area contributed by atoms with Gasteiger partial charge in [0.1, 0.15) is 0 Å². The molecule has 1 rings (SSSR count). The van der Waals surface area contributed by atoms with Crippen molar-refractivity contribution in [3.8, 4) is 0 Å². The van der Waals surface area contributed by atoms with Gasteiger partial charge in [-0.15, -0.1) is 0 Å². The first-order valence-corrected chi connectivity index (χ1v) is 6.46. The van der Waals surface area contributed by atoms with Gasteiger partial charge in [-0.2, -0.15) is 0 Å². The molecule has 0 aliphatic carbocycles. The van der Waals surface area contributed by atoms with Gasteiger partial charge in [-0.1, -0.05) is 0 Å². The van der Waals surface area contributed by atoms with E-state index in [1.807, 2.05) is 13.8 Å². The van der Waals surface area contributed by atoms with Crippen molar-refractivity contribution in [3.05, 3.63) is 0 Å². The maximum Gasteiger partial charge on any atom is 0.220 e. The Morgan fingerprint density at radius 1 is 1.41 bits per heavy atom. The molecule has 1 amide bonds. The van der Waals surface area contributed by atoms with Gasteiger partial charge in [0.2, 0.25) is 5.91 Å². The molecule has 17 heavy (non-hydrogen) atoms. The van der Waals surface area contributed by atoms with Crippen LogP contribution in [-0.4, -0.2) is 45.0 Å². The molecule has 0 aromatic heterocycles. The lowest BCUT2D eigenvalue weighted by Gasteiger charge is -2.18. The predicted octanol–water partition coefficient (Wildman–Crippen LogP) is 0.501. The largest absolute Gasteiger partial charge is 0.351 e. The number of hydrogen-bond acceptors (Lipinski definition) is 4. The van der Waals surface area contributed by atoms with Gasteiger partial charge in [-0.05, 0) is 39.3 Å². The zero-order valence-corrected chi connectivity index (χ0v) is 10.8. The summed E-state index contributed by atoms with van der Waals surface area (Å²) in [7, 11) is 0. The number of nitrogens with one attached hydrogen (secondary N) is 2. The van der Waals surface area contributed by atoms with Crippen LogP contribution in [-0.2, 0) is 14.3 Å². The van der Waals surface area contributed by atoms with Crippen molar-refractivity contribution in [1.29, 1.82) is 0 Å². The van der Waals surface area contributed by atoms with Gasteiger partial charge < -0.3 is 20.1 Å². The predicted molar refractivity (Wildman–Crippen MR) is 65.6 cm³/mol. The van der Waals surface area contributed by atoms with Crippen LogP contribution >= 0.6 is 0 Å². The van der Waals surface area contributed by atoms with E-state index in [-0.39, 0.29) is 12.2 Å². The number of ether oxygens (including phenoxy) is 2. The van der Waals surface area contributed by atoms with Crippen LogP contribution < -0.4 is 10.6 Å². The van der Waals surface area contributed by atoms with E-state index in [1.165, 1.54) is 0 Å². The Bertz CT molecular complexity index is 212. The molecule has 0 aromatic carbocycles. The van der Waals surface area contributed by atoms with Crippen molar-refractivity contribution < 1.29 is 14.3 Å². The van der Waals surface area contributed by atoms with Gasteiger partial charge in [-0.25, -0.2) is 0 Å². The zero-order valence-electron chi connectivity index (χ0n) is 10.8. The molecule has 1 fully saturated rings. The number of rotatable bonds is 8. The molecule has 0 aromatic rings. The molecule has 5 nitrogen and oxygen atoms in total. The van der Waals surface area contributed by atoms with Crippen molar-refractivity contribution in [2.75, 3.05) is 32.8 Å². The molecular weight excluding hydrogens is 220 g/mol. The maximum absolute atomic E-state index is 11.7. The Morgan fingerprint density at radius 2 is 2.12 bits per heavy atom. The minimum absolute atomic E-state index is 0.0862. The third-order valence-electron chi connectivity index (χ3n) is 2.81. The smallest absolute Gasteiger partial charge is 0.220 e. The van der Waals surface area contributed by atoms with Crippen LogP contribution in [0.25, 0.3) is 0 Å². The molecule has 1 aliphatic rings. The normalized spacial score (nSPS) is 19.8. The molecule has 5 heteroatoms. The molecule has 100 valence electrons. The van der Waals surface area contributed by atoms with Gasteiger partial charge in [0.05, 0.1) is 6.54 Å². The Hall–Kier alpha value is -0.650. The fourth-order valence-electron chi connectivity index (χ4n) is 1.96. The lowest BCUT2D eigenvalue weighted by atomic mass is 10.0. The molecule has 1 aliphatic heterocycles. The van der Waals surface area contributed by atoms with E-state index in [2.05, 4.69) is 10.6 Å². The van der Waals surface area contributed by atoms with E-state index in [0.29, 0.717) is 32.1 Å². The summed E-state index contributed by atoms with van der Waals surface area (Å²) in [5.74, 6) is 0.566. The number of hydrogen-bond donors (Lipinski definition) is 2. The van der Waals surface area contributed by atoms with Gasteiger partial charge in [0, 0.05) is 19.6 Å². The highest BCUT2D eigenvalue weighted by atomic mass is 16.7. The molecule has 0 spiro atoms. The third kappa shape index (κ3) is 6.00. The van der Waals surface area contributed by atoms with Crippen molar-refractivity contribution in [3.63, 3.8) is 0 Å². The highest BCUT2D eigenvalue weighted by molar-refractivity contribution is 5.76. The second kappa shape index (κ2) is 8.44. The second-order valence-corrected chi connectivity index (χ2v) is 4.21. The molecule has 2 N–H and O–H groups in total. The van der Waals surface area contributed by atoms with E-state index >= 15 is 0 Å². The Kier molecular flexibility index (Phi) is 7.16. The van der Waals surface area contributed by atoms with Crippen LogP contribution in [0.5, 0.6) is 0 Å². The topological polar surface area (TPSA) is 59.6 Å². The zero-order chi connectivity index (χ0) is 12.5. The van der Waals surface area contributed by atoms with Crippen LogP contribution in [0.15, 0.2) is 0 Å². The van der Waals surface area contributed by atoms with Crippen molar-refractivity contribution in [2.24, 2.45) is 5.92 Å². The summed E-state index contributed by atoms with van der Waals surface area (Å²) in [4.78, 5) is 11.7. The summed E-state index contributed by atoms with van der Waals surface area (Å²) in [5, 5.41) is 6.12. The second-order valence-electron chi connectivity index (χ2n) is 4.21. The van der Waals surface area contributed by atoms with E-state index in [9.17, 15) is 4.79 Å². The summed E-state index contributed by atoms with van der Waals surface area (Å²) in [5.41, 5.74) is 0. The minimum atomic E-state index is -0.323. The molecule has 1 atom stereocenters. The van der Waals surface area contributed by atoms with Crippen molar-refractivity contribution in [2.45, 2.75) is 33.0 Å². The molecule has 1 heterocycles. The Balaban J connectivity index is 2.15. The van der Waals surface area contributed by atoms with E-state index in [0.717, 1.165) is 19.5 Å². The van der Waals surface area contributed by atoms with E-state index < -0.39 is 0 Å². The van der Waals surface area contributed by atoms with Crippen LogP contribution in [0, 0.1) is 5.92 Å². The number of carbonyl (C=O) groups excluding carboxylic acids is 1. The first-order valence-electron chi connectivity index (χ1n) is 6.46. The number of carbonyl (C=O) groups is 1. The van der Waals surface area contributed by atoms with Gasteiger partial charge in [0.15, 0.2) is 6.29 Å². The lowest BCUT2D eigenvalue weighted by molar-refractivity contribution is -0.140. The van der Waals surface area contributed by atoms with Crippen LogP contribution in [0.4, 0.5) is 0 Å². The fraction of sp³-hybridized carbons (Fsp3) is 0.917. The highest BCUT2D eigenvalue weighted by Gasteiger charge is 2.18. The van der Waals surface area contributed by atoms with Gasteiger partial charge >= 0.3 is 0 Å². The Morgan fingerprint density at radius 3 is 2.65 bits per heavy atom. The van der Waals surface area contributed by atoms with E-state index in [4.69, 9.17) is 9.47 Å². The average Bonchev–Trinajstić information content (AvgIpc) is 2.79. The number of amides is 1. The quantitative estimate of drug-likeness (QED) is 0.611. The molecule has 1 unspecified atom stereocenters. The Labute approximate surface area is 103 Å². The molecule has 1 saturated heterocycles. The summed E-state index contributed by atoms with van der Waals surface area (Å²) in [6.07, 6.45) is 1.36. The van der Waals surface area contributed by atoms with Gasteiger partial charge in [-0.3, -0.25) is 4.79 Å². The first kappa shape index (κ1) is 14.4. The molecular formula is C12H24N2O3. The van der Waals surface area contributed by atoms with E-state index in [1.54, 1.807) is 0 Å². The first-order chi connectivity index (χ1) is 8.26. The molecule has 0 bridgehead atoms. The summed E-state index contributed by atoms with van der Waals surface area (Å²) in [6.45, 7) is 7.42. The van der Waals surface area contributed by atoms with Crippen LogP contribution in [0.1, 0.15) is 26.7 Å². The third-order valence-corrected chi connectivity index (χ3v) is 2.81. The van der Waals surface area contributed by atoms with Crippen molar-refractivity contribution >= 4 is 5.91 Å². The van der Waals surface area contributed by atoms with Crippen molar-refractivity contribution in [1.82, 2.24) is 10.6 Å². The highest BCUT2D eigenvalue weighted by Crippen LogP contribution is 2.11. The average molecular weight is 244 g/mol. The van der Waals surface area contributed by atoms with Crippen LogP contribution in [0.3, 0.4) is 0 Å².